The second kappa shape index (κ2) is 8.54. The molecule has 2 aliphatic rings. The Morgan fingerprint density at radius 3 is 2.59 bits per heavy atom. The first kappa shape index (κ1) is 21.1. The number of ether oxygens (including phenoxy) is 1. The zero-order valence-electron chi connectivity index (χ0n) is 16.7. The third kappa shape index (κ3) is 4.63. The molecule has 0 amide bonds. The van der Waals surface area contributed by atoms with E-state index in [9.17, 15) is 4.39 Å². The summed E-state index contributed by atoms with van der Waals surface area (Å²) in [6, 6.07) is 8.65. The van der Waals surface area contributed by atoms with Crippen molar-refractivity contribution in [1.82, 2.24) is 4.90 Å². The van der Waals surface area contributed by atoms with Crippen LogP contribution in [0.4, 0.5) is 10.1 Å². The van der Waals surface area contributed by atoms with E-state index < -0.39 is 0 Å². The molecule has 0 saturated carbocycles. The average Bonchev–Trinajstić information content (AvgIpc) is 2.98. The van der Waals surface area contributed by atoms with Crippen LogP contribution in [0.15, 0.2) is 35.2 Å². The van der Waals surface area contributed by atoms with E-state index in [2.05, 4.69) is 23.6 Å². The van der Waals surface area contributed by atoms with Gasteiger partial charge in [-0.25, -0.2) is 4.39 Å². The molecule has 156 valence electrons. The lowest BCUT2D eigenvalue weighted by Gasteiger charge is -2.36. The normalized spacial score (nSPS) is 18.6. The minimum atomic E-state index is -0.296. The number of hydrogen-bond donors (Lipinski definition) is 0. The molecule has 0 spiro atoms. The van der Waals surface area contributed by atoms with Crippen LogP contribution in [0.5, 0.6) is 5.75 Å². The van der Waals surface area contributed by atoms with Crippen molar-refractivity contribution in [3.05, 3.63) is 51.8 Å². The number of benzene rings is 2. The molecule has 2 aromatic carbocycles. The van der Waals surface area contributed by atoms with Crippen LogP contribution in [0.1, 0.15) is 19.4 Å². The molecule has 7 heteroatoms. The van der Waals surface area contributed by atoms with Crippen molar-refractivity contribution in [2.45, 2.75) is 24.2 Å². The predicted molar refractivity (Wildman–Crippen MR) is 121 cm³/mol. The summed E-state index contributed by atoms with van der Waals surface area (Å²) < 4.78 is 19.2. The molecule has 2 heterocycles. The van der Waals surface area contributed by atoms with Crippen LogP contribution in [0, 0.1) is 5.82 Å². The van der Waals surface area contributed by atoms with Crippen LogP contribution >= 0.6 is 35.0 Å². The third-order valence-corrected chi connectivity index (χ3v) is 7.31. The quantitative estimate of drug-likeness (QED) is 0.536. The predicted octanol–water partition coefficient (Wildman–Crippen LogP) is 5.72. The summed E-state index contributed by atoms with van der Waals surface area (Å²) in [5.41, 5.74) is 2.32. The van der Waals surface area contributed by atoms with Gasteiger partial charge < -0.3 is 9.64 Å². The molecule has 0 aliphatic carbocycles. The maximum atomic E-state index is 13.2. The summed E-state index contributed by atoms with van der Waals surface area (Å²) in [6.07, 6.45) is 0. The molecule has 2 aliphatic heterocycles. The molecule has 0 atom stereocenters. The Balaban J connectivity index is 1.33. The fourth-order valence-corrected chi connectivity index (χ4v) is 5.36. The summed E-state index contributed by atoms with van der Waals surface area (Å²) in [4.78, 5) is 5.77. The Hall–Kier alpha value is -1.14. The minimum Gasteiger partial charge on any atom is -0.490 e. The maximum Gasteiger partial charge on any atom is 0.146 e. The number of rotatable bonds is 5. The van der Waals surface area contributed by atoms with Gasteiger partial charge in [0.2, 0.25) is 0 Å². The molecular formula is C22H25Cl2FN2OS. The molecule has 3 nitrogen and oxygen atoms in total. The number of halogens is 3. The fraction of sp³-hybridized carbons (Fsp3) is 0.455. The van der Waals surface area contributed by atoms with E-state index in [0.29, 0.717) is 11.6 Å². The number of fused-ring (bicyclic) bond motifs is 1. The lowest BCUT2D eigenvalue weighted by molar-refractivity contribution is 0.269. The van der Waals surface area contributed by atoms with E-state index in [1.165, 1.54) is 17.7 Å². The molecule has 4 rings (SSSR count). The van der Waals surface area contributed by atoms with Crippen LogP contribution < -0.4 is 9.64 Å². The number of piperazine rings is 1. The number of hydrogen-bond acceptors (Lipinski definition) is 4. The highest BCUT2D eigenvalue weighted by molar-refractivity contribution is 7.99. The second-order valence-electron chi connectivity index (χ2n) is 8.23. The van der Waals surface area contributed by atoms with Gasteiger partial charge in [0.25, 0.3) is 0 Å². The fourth-order valence-electron chi connectivity index (χ4n) is 3.89. The van der Waals surface area contributed by atoms with Crippen LogP contribution in [0.2, 0.25) is 10.0 Å². The van der Waals surface area contributed by atoms with Crippen molar-refractivity contribution in [1.29, 1.82) is 0 Å². The third-order valence-electron chi connectivity index (χ3n) is 5.61. The molecule has 0 aromatic heterocycles. The van der Waals surface area contributed by atoms with E-state index in [1.807, 2.05) is 12.1 Å². The lowest BCUT2D eigenvalue weighted by Crippen LogP contribution is -2.47. The van der Waals surface area contributed by atoms with Gasteiger partial charge in [-0.1, -0.05) is 37.0 Å². The standard InChI is InChI=1S/C22H25Cl2FN2OS/c1-22(2)14-28-21-17(22)11-15(23)12-19(21)27-7-5-26(6-8-27)9-10-29-20-4-3-16(25)13-18(20)24/h3-4,11-13H,5-10,14H2,1-2H3. The van der Waals surface area contributed by atoms with Crippen LogP contribution in [0.3, 0.4) is 0 Å². The van der Waals surface area contributed by atoms with Crippen molar-refractivity contribution in [3.8, 4) is 5.75 Å². The topological polar surface area (TPSA) is 15.7 Å². The van der Waals surface area contributed by atoms with Gasteiger partial charge in [0.05, 0.1) is 17.3 Å². The van der Waals surface area contributed by atoms with E-state index in [-0.39, 0.29) is 11.2 Å². The van der Waals surface area contributed by atoms with E-state index in [4.69, 9.17) is 27.9 Å². The minimum absolute atomic E-state index is 0.00431. The molecule has 0 bridgehead atoms. The van der Waals surface area contributed by atoms with E-state index in [0.717, 1.165) is 59.8 Å². The number of anilines is 1. The zero-order valence-corrected chi connectivity index (χ0v) is 19.0. The van der Waals surface area contributed by atoms with Crippen LogP contribution in [-0.2, 0) is 5.41 Å². The Morgan fingerprint density at radius 1 is 1.10 bits per heavy atom. The summed E-state index contributed by atoms with van der Waals surface area (Å²) >= 11 is 14.2. The van der Waals surface area contributed by atoms with Crippen molar-refractivity contribution in [2.24, 2.45) is 0 Å². The average molecular weight is 455 g/mol. The zero-order chi connectivity index (χ0) is 20.6. The molecule has 2 aromatic rings. The summed E-state index contributed by atoms with van der Waals surface area (Å²) in [7, 11) is 0. The number of thioether (sulfide) groups is 1. The van der Waals surface area contributed by atoms with Crippen molar-refractivity contribution in [3.63, 3.8) is 0 Å². The Kier molecular flexibility index (Phi) is 6.22. The van der Waals surface area contributed by atoms with Gasteiger partial charge >= 0.3 is 0 Å². The summed E-state index contributed by atoms with van der Waals surface area (Å²) in [6.45, 7) is 9.92. The molecule has 29 heavy (non-hydrogen) atoms. The van der Waals surface area contributed by atoms with Gasteiger partial charge in [0.1, 0.15) is 11.6 Å². The van der Waals surface area contributed by atoms with Gasteiger partial charge in [0, 0.05) is 59.4 Å². The first-order chi connectivity index (χ1) is 13.8. The van der Waals surface area contributed by atoms with Crippen molar-refractivity contribution >= 4 is 40.7 Å². The van der Waals surface area contributed by atoms with Crippen LogP contribution in [-0.4, -0.2) is 50.0 Å². The van der Waals surface area contributed by atoms with Gasteiger partial charge in [-0.15, -0.1) is 11.8 Å². The monoisotopic (exact) mass is 454 g/mol. The maximum absolute atomic E-state index is 13.2. The smallest absolute Gasteiger partial charge is 0.146 e. The Bertz CT molecular complexity index is 901. The highest BCUT2D eigenvalue weighted by Gasteiger charge is 2.35. The van der Waals surface area contributed by atoms with E-state index >= 15 is 0 Å². The van der Waals surface area contributed by atoms with Crippen molar-refractivity contribution in [2.75, 3.05) is 50.0 Å². The first-order valence-corrected chi connectivity index (χ1v) is 11.6. The largest absolute Gasteiger partial charge is 0.490 e. The summed E-state index contributed by atoms with van der Waals surface area (Å²) in [5.74, 6) is 1.62. The van der Waals surface area contributed by atoms with Gasteiger partial charge in [-0.3, -0.25) is 4.90 Å². The molecule has 1 saturated heterocycles. The number of nitrogens with zero attached hydrogens (tertiary/aromatic N) is 2. The highest BCUT2D eigenvalue weighted by Crippen LogP contribution is 2.46. The SMILES string of the molecule is CC1(C)COc2c(N3CCN(CCSc4ccc(F)cc4Cl)CC3)cc(Cl)cc21. The molecule has 1 fully saturated rings. The van der Waals surface area contributed by atoms with Gasteiger partial charge in [-0.2, -0.15) is 0 Å². The molecule has 0 radical (unpaired) electrons. The first-order valence-electron chi connectivity index (χ1n) is 9.85. The van der Waals surface area contributed by atoms with Gasteiger partial charge in [0.15, 0.2) is 0 Å². The Labute approximate surface area is 186 Å². The lowest BCUT2D eigenvalue weighted by atomic mass is 9.86. The van der Waals surface area contributed by atoms with Crippen LogP contribution in [0.25, 0.3) is 0 Å². The van der Waals surface area contributed by atoms with Crippen molar-refractivity contribution < 1.29 is 9.13 Å². The summed E-state index contributed by atoms with van der Waals surface area (Å²) in [5, 5.41) is 1.25. The molecule has 0 unspecified atom stereocenters. The Morgan fingerprint density at radius 2 is 1.86 bits per heavy atom. The molecular weight excluding hydrogens is 430 g/mol. The van der Waals surface area contributed by atoms with E-state index in [1.54, 1.807) is 17.8 Å². The highest BCUT2D eigenvalue weighted by atomic mass is 35.5. The second-order valence-corrected chi connectivity index (χ2v) is 10.2. The molecule has 0 N–H and O–H groups in total. The van der Waals surface area contributed by atoms with Gasteiger partial charge in [-0.05, 0) is 30.3 Å².